The van der Waals surface area contributed by atoms with Crippen LogP contribution in [0.3, 0.4) is 0 Å². The Morgan fingerprint density at radius 2 is 1.82 bits per heavy atom. The largest absolute Gasteiger partial charge is 0.510 e. The number of phenols is 1. The number of benzene rings is 1. The highest BCUT2D eigenvalue weighted by Gasteiger charge is 2.63. The number of phenolic OH excluding ortho intramolecular Hbond substituents is 1. The Bertz CT molecular complexity index is 1350. The monoisotopic (exact) mass is 548 g/mol. The molecular weight excluding hydrogens is 520 g/mol. The van der Waals surface area contributed by atoms with Crippen molar-refractivity contribution in [2.24, 2.45) is 17.6 Å². The van der Waals surface area contributed by atoms with Crippen molar-refractivity contribution in [3.05, 3.63) is 44.9 Å². The summed E-state index contributed by atoms with van der Waals surface area (Å²) in [5.74, 6) is -8.04. The van der Waals surface area contributed by atoms with E-state index in [1.807, 2.05) is 0 Å². The van der Waals surface area contributed by atoms with Gasteiger partial charge in [0.25, 0.3) is 5.91 Å². The van der Waals surface area contributed by atoms with Crippen molar-refractivity contribution in [2.75, 3.05) is 40.1 Å². The lowest BCUT2D eigenvalue weighted by molar-refractivity contribution is -0.148. The smallest absolute Gasteiger partial charge is 0.255 e. The van der Waals surface area contributed by atoms with Gasteiger partial charge in [-0.15, -0.1) is 0 Å². The molecule has 4 rings (SSSR count). The number of allylic oxidation sites excluding steroid dienone is 1. The topological polar surface area (TPSA) is 194 Å². The van der Waals surface area contributed by atoms with E-state index in [9.17, 15) is 39.6 Å². The minimum absolute atomic E-state index is 0.00388. The number of aromatic hydroxyl groups is 1. The van der Waals surface area contributed by atoms with Gasteiger partial charge in [0.2, 0.25) is 11.7 Å². The number of primary amides is 1. The minimum Gasteiger partial charge on any atom is -0.510 e. The summed E-state index contributed by atoms with van der Waals surface area (Å²) in [6.45, 7) is -0.0268. The number of carbonyl (C=O) groups is 4. The molecule has 3 aliphatic carbocycles. The number of aliphatic hydroxyl groups excluding tert-OH is 2. The second-order valence-electron chi connectivity index (χ2n) is 10.4. The van der Waals surface area contributed by atoms with E-state index >= 15 is 0 Å². The van der Waals surface area contributed by atoms with Crippen LogP contribution in [0.5, 0.6) is 5.75 Å². The normalized spacial score (nSPS) is 26.9. The van der Waals surface area contributed by atoms with Gasteiger partial charge in [0, 0.05) is 11.5 Å². The molecule has 7 N–H and O–H groups in total. The van der Waals surface area contributed by atoms with Crippen molar-refractivity contribution in [2.45, 2.75) is 24.5 Å². The first kappa shape index (κ1) is 27.6. The van der Waals surface area contributed by atoms with Gasteiger partial charge in [0.05, 0.1) is 23.2 Å². The third kappa shape index (κ3) is 3.95. The van der Waals surface area contributed by atoms with E-state index in [1.165, 1.54) is 11.0 Å². The van der Waals surface area contributed by atoms with Crippen molar-refractivity contribution in [1.29, 1.82) is 0 Å². The molecule has 3 aliphatic rings. The predicted molar refractivity (Wildman–Crippen MR) is 136 cm³/mol. The second-order valence-corrected chi connectivity index (χ2v) is 10.8. The van der Waals surface area contributed by atoms with Gasteiger partial charge in [-0.05, 0) is 58.6 Å². The molecule has 1 aromatic carbocycles. The van der Waals surface area contributed by atoms with E-state index in [0.29, 0.717) is 5.56 Å². The molecule has 204 valence electrons. The molecule has 0 bridgehead atoms. The number of amides is 2. The lowest BCUT2D eigenvalue weighted by atomic mass is 9.58. The van der Waals surface area contributed by atoms with E-state index in [1.54, 1.807) is 33.1 Å². The van der Waals surface area contributed by atoms with Crippen molar-refractivity contribution in [3.8, 4) is 5.75 Å². The molecule has 0 radical (unpaired) electrons. The van der Waals surface area contributed by atoms with Crippen LogP contribution in [0, 0.1) is 11.8 Å². The Kier molecular flexibility index (Phi) is 6.81. The predicted octanol–water partition coefficient (Wildman–Crippen LogP) is 0.274. The van der Waals surface area contributed by atoms with Gasteiger partial charge in [-0.25, -0.2) is 0 Å². The standard InChI is InChI=1S/C25H29ClN4O8/c1-29(2)8-13(31)28-17-12(26)7-10-5-9-6-11-18(30(3)4)21(34)16(24(27)37)23(36)25(11,38)22(35)15(9)19(32)14(10)20(17)33/h7,9,11,18,33-35,38H,5-6,8H2,1-4H3,(H2,27,37)(H,28,31)/t9?,11?,18-,25?/m0/s1. The SMILES string of the molecule is CN(C)CC(=O)Nc1c(Cl)cc2c(c1O)C(=O)C1=C(O)C3(O)C(=O)C(C(N)=O)=C(O)[C@@H](N(C)C)C3CC1C2. The van der Waals surface area contributed by atoms with Crippen LogP contribution in [-0.2, 0) is 20.8 Å². The second kappa shape index (κ2) is 9.38. The zero-order valence-electron chi connectivity index (χ0n) is 21.2. The van der Waals surface area contributed by atoms with E-state index in [4.69, 9.17) is 17.3 Å². The van der Waals surface area contributed by atoms with Gasteiger partial charge in [-0.1, -0.05) is 11.6 Å². The molecule has 1 aromatic rings. The number of nitrogens with zero attached hydrogens (tertiary/aromatic N) is 2. The fraction of sp³-hybridized carbons (Fsp3) is 0.440. The first-order chi connectivity index (χ1) is 17.6. The van der Waals surface area contributed by atoms with Crippen LogP contribution in [0.1, 0.15) is 22.3 Å². The Morgan fingerprint density at radius 1 is 1.18 bits per heavy atom. The molecule has 0 heterocycles. The van der Waals surface area contributed by atoms with Crippen LogP contribution in [-0.4, -0.2) is 100.0 Å². The Hall–Kier alpha value is -3.45. The van der Waals surface area contributed by atoms with Gasteiger partial charge in [-0.3, -0.25) is 24.1 Å². The number of ketones is 2. The fourth-order valence-electron chi connectivity index (χ4n) is 5.86. The van der Waals surface area contributed by atoms with Crippen LogP contribution in [0.2, 0.25) is 5.02 Å². The molecule has 0 aliphatic heterocycles. The summed E-state index contributed by atoms with van der Waals surface area (Å²) >= 11 is 6.34. The number of hydrogen-bond acceptors (Lipinski definition) is 10. The van der Waals surface area contributed by atoms with E-state index < -0.39 is 69.7 Å². The Balaban J connectivity index is 1.87. The number of Topliss-reactive ketones (excluding diaryl/α,β-unsaturated/α-hetero) is 2. The van der Waals surface area contributed by atoms with Crippen molar-refractivity contribution >= 4 is 40.7 Å². The molecular formula is C25H29ClN4O8. The zero-order chi connectivity index (χ0) is 28.4. The number of fused-ring (bicyclic) bond motifs is 3. The first-order valence-corrected chi connectivity index (χ1v) is 12.1. The van der Waals surface area contributed by atoms with Crippen molar-refractivity contribution in [1.82, 2.24) is 9.80 Å². The first-order valence-electron chi connectivity index (χ1n) is 11.8. The number of nitrogens with two attached hydrogens (primary N) is 1. The molecule has 0 saturated heterocycles. The summed E-state index contributed by atoms with van der Waals surface area (Å²) in [6.07, 6.45) is 0.0548. The number of hydrogen-bond donors (Lipinski definition) is 6. The zero-order valence-corrected chi connectivity index (χ0v) is 22.0. The van der Waals surface area contributed by atoms with Gasteiger partial charge in [0.15, 0.2) is 17.1 Å². The van der Waals surface area contributed by atoms with Crippen LogP contribution >= 0.6 is 11.6 Å². The quantitative estimate of drug-likeness (QED) is 0.220. The fourth-order valence-corrected chi connectivity index (χ4v) is 6.12. The molecule has 0 spiro atoms. The van der Waals surface area contributed by atoms with Crippen molar-refractivity contribution < 1.29 is 39.6 Å². The lowest BCUT2D eigenvalue weighted by Gasteiger charge is -2.50. The molecule has 12 nitrogen and oxygen atoms in total. The van der Waals surface area contributed by atoms with Gasteiger partial charge in [0.1, 0.15) is 22.8 Å². The third-order valence-electron chi connectivity index (χ3n) is 7.39. The number of likely N-dealkylation sites (N-methyl/N-ethyl adjacent to an activating group) is 2. The number of rotatable bonds is 5. The summed E-state index contributed by atoms with van der Waals surface area (Å²) < 4.78 is 0. The number of aliphatic hydroxyl groups is 3. The van der Waals surface area contributed by atoms with Crippen molar-refractivity contribution in [3.63, 3.8) is 0 Å². The van der Waals surface area contributed by atoms with Gasteiger partial charge < -0.3 is 36.4 Å². The number of nitrogens with one attached hydrogen (secondary N) is 1. The van der Waals surface area contributed by atoms with E-state index in [0.717, 1.165) is 0 Å². The number of carbonyl (C=O) groups excluding carboxylic acids is 4. The average Bonchev–Trinajstić information content (AvgIpc) is 2.78. The number of halogens is 1. The Labute approximate surface area is 223 Å². The lowest BCUT2D eigenvalue weighted by Crippen LogP contribution is -2.63. The molecule has 0 aromatic heterocycles. The van der Waals surface area contributed by atoms with Crippen LogP contribution in [0.15, 0.2) is 28.7 Å². The Morgan fingerprint density at radius 3 is 2.37 bits per heavy atom. The molecule has 38 heavy (non-hydrogen) atoms. The van der Waals surface area contributed by atoms with Crippen LogP contribution in [0.25, 0.3) is 0 Å². The minimum atomic E-state index is -2.73. The van der Waals surface area contributed by atoms with Gasteiger partial charge in [-0.2, -0.15) is 0 Å². The molecule has 3 unspecified atom stereocenters. The third-order valence-corrected chi connectivity index (χ3v) is 7.69. The number of anilines is 1. The molecule has 0 fully saturated rings. The summed E-state index contributed by atoms with van der Waals surface area (Å²) in [5.41, 5.74) is 1.33. The molecule has 13 heteroatoms. The van der Waals surface area contributed by atoms with Crippen LogP contribution in [0.4, 0.5) is 5.69 Å². The summed E-state index contributed by atoms with van der Waals surface area (Å²) in [6, 6.07) is 0.360. The average molecular weight is 549 g/mol. The maximum Gasteiger partial charge on any atom is 0.255 e. The maximum absolute atomic E-state index is 13.7. The molecule has 2 amide bonds. The van der Waals surface area contributed by atoms with E-state index in [-0.39, 0.29) is 41.2 Å². The molecule has 4 atom stereocenters. The summed E-state index contributed by atoms with van der Waals surface area (Å²) in [4.78, 5) is 54.4. The highest BCUT2D eigenvalue weighted by Crippen LogP contribution is 2.53. The highest BCUT2D eigenvalue weighted by molar-refractivity contribution is 6.35. The van der Waals surface area contributed by atoms with E-state index in [2.05, 4.69) is 5.32 Å². The molecule has 0 saturated carbocycles. The van der Waals surface area contributed by atoms with Crippen LogP contribution < -0.4 is 11.1 Å². The summed E-state index contributed by atoms with van der Waals surface area (Å²) in [5, 5.41) is 47.1. The summed E-state index contributed by atoms with van der Waals surface area (Å²) in [7, 11) is 6.44. The highest BCUT2D eigenvalue weighted by atomic mass is 35.5. The maximum atomic E-state index is 13.7. The van der Waals surface area contributed by atoms with Gasteiger partial charge >= 0.3 is 0 Å².